The van der Waals surface area contributed by atoms with Crippen molar-refractivity contribution in [3.8, 4) is 0 Å². The lowest BCUT2D eigenvalue weighted by Crippen LogP contribution is -2.37. The Morgan fingerprint density at radius 3 is 3.10 bits per heavy atom. The minimum Gasteiger partial charge on any atom is -0.387 e. The van der Waals surface area contributed by atoms with Crippen LogP contribution in [0.5, 0.6) is 0 Å². The van der Waals surface area contributed by atoms with Crippen molar-refractivity contribution < 1.29 is 9.90 Å². The fraction of sp³-hybridized carbons (Fsp3) is 0.833. The highest BCUT2D eigenvalue weighted by Crippen LogP contribution is 1.97. The van der Waals surface area contributed by atoms with E-state index in [0.717, 1.165) is 13.0 Å². The van der Waals surface area contributed by atoms with Gasteiger partial charge in [-0.2, -0.15) is 0 Å². The van der Waals surface area contributed by atoms with Gasteiger partial charge in [0, 0.05) is 19.1 Å². The van der Waals surface area contributed by atoms with Crippen molar-refractivity contribution in [3.63, 3.8) is 0 Å². The number of nitrogens with one attached hydrogen (secondary N) is 1. The van der Waals surface area contributed by atoms with Gasteiger partial charge in [-0.1, -0.05) is 0 Å². The molecule has 0 aromatic carbocycles. The molecule has 10 heavy (non-hydrogen) atoms. The van der Waals surface area contributed by atoms with Crippen molar-refractivity contribution in [2.75, 3.05) is 19.7 Å². The van der Waals surface area contributed by atoms with Crippen molar-refractivity contribution in [2.45, 2.75) is 12.5 Å². The Labute approximate surface area is 59.6 Å². The number of carbonyl (C=O) groups is 1. The molecule has 0 aromatic heterocycles. The first-order valence-corrected chi connectivity index (χ1v) is 3.36. The fourth-order valence-corrected chi connectivity index (χ4v) is 0.977. The maximum absolute atomic E-state index is 10.6. The molecule has 1 amide bonds. The third-order valence-corrected chi connectivity index (χ3v) is 1.49. The summed E-state index contributed by atoms with van der Waals surface area (Å²) in [4.78, 5) is 10.6. The van der Waals surface area contributed by atoms with Crippen LogP contribution < -0.4 is 10.6 Å². The molecule has 1 rings (SSSR count). The summed E-state index contributed by atoms with van der Waals surface area (Å²) in [6.45, 7) is 1.11. The largest absolute Gasteiger partial charge is 0.387 e. The maximum atomic E-state index is 10.6. The van der Waals surface area contributed by atoms with Gasteiger partial charge in [0.25, 0.3) is 0 Å². The number of aliphatic hydroxyl groups is 1. The van der Waals surface area contributed by atoms with Crippen LogP contribution in [0.3, 0.4) is 0 Å². The second kappa shape index (κ2) is 3.53. The lowest BCUT2D eigenvalue weighted by atomic mass is 10.2. The Hall–Kier alpha value is -0.610. The van der Waals surface area contributed by atoms with Gasteiger partial charge in [0.1, 0.15) is 6.61 Å². The van der Waals surface area contributed by atoms with Gasteiger partial charge >= 0.3 is 0 Å². The maximum Gasteiger partial charge on any atom is 0.245 e. The molecule has 0 aliphatic carbocycles. The molecule has 4 heteroatoms. The van der Waals surface area contributed by atoms with E-state index < -0.39 is 6.61 Å². The summed E-state index contributed by atoms with van der Waals surface area (Å²) in [6, 6.07) is 0.166. The van der Waals surface area contributed by atoms with E-state index in [-0.39, 0.29) is 11.9 Å². The highest BCUT2D eigenvalue weighted by molar-refractivity contribution is 5.77. The molecule has 0 bridgehead atoms. The minimum absolute atomic E-state index is 0.166. The molecule has 0 aromatic rings. The number of amides is 1. The molecule has 1 heterocycles. The molecule has 1 radical (unpaired) electrons. The molecule has 2 N–H and O–H groups in total. The summed E-state index contributed by atoms with van der Waals surface area (Å²) < 4.78 is 0. The molecule has 1 aliphatic heterocycles. The number of hydrogen-bond donors (Lipinski definition) is 2. The summed E-state index contributed by atoms with van der Waals surface area (Å²) in [7, 11) is 0. The predicted molar refractivity (Wildman–Crippen MR) is 35.5 cm³/mol. The van der Waals surface area contributed by atoms with Crippen LogP contribution in [0.4, 0.5) is 0 Å². The van der Waals surface area contributed by atoms with Crippen LogP contribution in [0, 0.1) is 0 Å². The van der Waals surface area contributed by atoms with Crippen LogP contribution >= 0.6 is 0 Å². The Balaban J connectivity index is 2.17. The van der Waals surface area contributed by atoms with Crippen molar-refractivity contribution in [2.24, 2.45) is 0 Å². The molecule has 0 unspecified atom stereocenters. The molecule has 57 valence electrons. The van der Waals surface area contributed by atoms with Crippen LogP contribution in [-0.4, -0.2) is 36.8 Å². The minimum atomic E-state index is -0.420. The Morgan fingerprint density at radius 2 is 2.60 bits per heavy atom. The summed E-state index contributed by atoms with van der Waals surface area (Å²) >= 11 is 0. The summed E-state index contributed by atoms with van der Waals surface area (Å²) in [6.07, 6.45) is 0.908. The molecular formula is C6H11N2O2. The zero-order valence-electron chi connectivity index (χ0n) is 5.71. The molecular weight excluding hydrogens is 132 g/mol. The van der Waals surface area contributed by atoms with E-state index in [1.165, 1.54) is 0 Å². The van der Waals surface area contributed by atoms with E-state index >= 15 is 0 Å². The van der Waals surface area contributed by atoms with Crippen molar-refractivity contribution >= 4 is 5.91 Å². The van der Waals surface area contributed by atoms with E-state index in [9.17, 15) is 4.79 Å². The van der Waals surface area contributed by atoms with Gasteiger partial charge in [-0.05, 0) is 6.42 Å². The van der Waals surface area contributed by atoms with Gasteiger partial charge in [0.05, 0.1) is 0 Å². The number of carbonyl (C=O) groups excluding carboxylic acids is 1. The molecule has 1 atom stereocenters. The van der Waals surface area contributed by atoms with Gasteiger partial charge < -0.3 is 10.4 Å². The molecule has 0 spiro atoms. The third-order valence-electron chi connectivity index (χ3n) is 1.49. The van der Waals surface area contributed by atoms with Gasteiger partial charge in [-0.25, -0.2) is 5.32 Å². The van der Waals surface area contributed by atoms with E-state index in [1.54, 1.807) is 0 Å². The number of aliphatic hydroxyl groups excluding tert-OH is 1. The second-order valence-corrected chi connectivity index (χ2v) is 2.34. The smallest absolute Gasteiger partial charge is 0.245 e. The number of nitrogens with zero attached hydrogens (tertiary/aromatic N) is 1. The van der Waals surface area contributed by atoms with Crippen LogP contribution in [0.25, 0.3) is 0 Å². The lowest BCUT2D eigenvalue weighted by molar-refractivity contribution is -0.124. The highest BCUT2D eigenvalue weighted by Gasteiger charge is 2.16. The van der Waals surface area contributed by atoms with Crippen LogP contribution in [0.1, 0.15) is 6.42 Å². The molecule has 4 nitrogen and oxygen atoms in total. The highest BCUT2D eigenvalue weighted by atomic mass is 16.3. The Morgan fingerprint density at radius 1 is 1.80 bits per heavy atom. The van der Waals surface area contributed by atoms with E-state index in [4.69, 9.17) is 5.11 Å². The summed E-state index contributed by atoms with van der Waals surface area (Å²) in [5, 5.41) is 15.1. The molecule has 1 saturated heterocycles. The average molecular weight is 143 g/mol. The van der Waals surface area contributed by atoms with Crippen LogP contribution in [-0.2, 0) is 4.79 Å². The zero-order valence-corrected chi connectivity index (χ0v) is 5.71. The fourth-order valence-electron chi connectivity index (χ4n) is 0.977. The van der Waals surface area contributed by atoms with E-state index in [0.29, 0.717) is 6.54 Å². The van der Waals surface area contributed by atoms with E-state index in [1.807, 2.05) is 0 Å². The van der Waals surface area contributed by atoms with E-state index in [2.05, 4.69) is 10.6 Å². The third kappa shape index (κ3) is 1.97. The summed E-state index contributed by atoms with van der Waals surface area (Å²) in [5.74, 6) is -0.304. The zero-order chi connectivity index (χ0) is 7.40. The second-order valence-electron chi connectivity index (χ2n) is 2.34. The average Bonchev–Trinajstić information content (AvgIpc) is 2.40. The SMILES string of the molecule is O=C(CO)N[C@H]1CC[N]C1. The van der Waals surface area contributed by atoms with Crippen LogP contribution in [0.15, 0.2) is 0 Å². The normalized spacial score (nSPS) is 24.7. The van der Waals surface area contributed by atoms with Gasteiger partial charge in [-0.3, -0.25) is 4.79 Å². The van der Waals surface area contributed by atoms with Crippen molar-refractivity contribution in [1.29, 1.82) is 0 Å². The molecule has 1 fully saturated rings. The number of hydrogen-bond acceptors (Lipinski definition) is 2. The molecule has 1 aliphatic rings. The Kier molecular flexibility index (Phi) is 2.65. The summed E-state index contributed by atoms with van der Waals surface area (Å²) in [5.41, 5.74) is 0. The number of rotatable bonds is 2. The van der Waals surface area contributed by atoms with Crippen LogP contribution in [0.2, 0.25) is 0 Å². The first-order valence-electron chi connectivity index (χ1n) is 3.36. The van der Waals surface area contributed by atoms with Crippen molar-refractivity contribution in [3.05, 3.63) is 0 Å². The predicted octanol–water partition coefficient (Wildman–Crippen LogP) is -1.53. The quantitative estimate of drug-likeness (QED) is 0.492. The lowest BCUT2D eigenvalue weighted by Gasteiger charge is -2.08. The van der Waals surface area contributed by atoms with Gasteiger partial charge in [-0.15, -0.1) is 0 Å². The Bertz CT molecular complexity index is 121. The van der Waals surface area contributed by atoms with Crippen molar-refractivity contribution in [1.82, 2.24) is 10.6 Å². The molecule has 0 saturated carbocycles. The topological polar surface area (TPSA) is 63.4 Å². The standard InChI is InChI=1S/C6H11N2O2/c9-4-6(10)8-5-1-2-7-3-5/h5,9H,1-4H2,(H,8,10)/t5-/m0/s1. The van der Waals surface area contributed by atoms with Gasteiger partial charge in [0.15, 0.2) is 0 Å². The first-order chi connectivity index (χ1) is 4.83. The first kappa shape index (κ1) is 7.50. The van der Waals surface area contributed by atoms with Gasteiger partial charge in [0.2, 0.25) is 5.91 Å². The monoisotopic (exact) mass is 143 g/mol.